The Bertz CT molecular complexity index is 374. The lowest BCUT2D eigenvalue weighted by atomic mass is 10.1. The van der Waals surface area contributed by atoms with Crippen LogP contribution in [0.25, 0.3) is 0 Å². The molecule has 3 nitrogen and oxygen atoms in total. The second kappa shape index (κ2) is 5.51. The molecular weight excluding hydrogens is 216 g/mol. The number of ether oxygens (including phenoxy) is 1. The van der Waals surface area contributed by atoms with E-state index in [-0.39, 0.29) is 18.8 Å². The Hall–Kier alpha value is -1.35. The minimum atomic E-state index is -0.456. The van der Waals surface area contributed by atoms with Gasteiger partial charge in [0.15, 0.2) is 5.78 Å². The summed E-state index contributed by atoms with van der Waals surface area (Å²) in [5.41, 5.74) is 0.747. The quantitative estimate of drug-likeness (QED) is 0.738. The van der Waals surface area contributed by atoms with Gasteiger partial charge in [0.2, 0.25) is 0 Å². The van der Waals surface area contributed by atoms with Crippen molar-refractivity contribution < 1.29 is 14.3 Å². The van der Waals surface area contributed by atoms with Gasteiger partial charge in [0, 0.05) is 18.4 Å². The number of ketones is 1. The Labute approximate surface area is 93.0 Å². The highest BCUT2D eigenvalue weighted by atomic mass is 35.5. The molecule has 0 atom stereocenters. The number of Topliss-reactive ketones (excluding diaryl/α,β-unsaturated/α-hetero) is 1. The fourth-order valence-electron chi connectivity index (χ4n) is 1.09. The molecule has 0 amide bonds. The van der Waals surface area contributed by atoms with E-state index >= 15 is 0 Å². The van der Waals surface area contributed by atoms with Crippen LogP contribution >= 0.6 is 11.6 Å². The summed E-state index contributed by atoms with van der Waals surface area (Å²) in [6.07, 6.45) is 0.187. The van der Waals surface area contributed by atoms with Gasteiger partial charge in [0.05, 0.1) is 0 Å². The number of benzene rings is 1. The minimum Gasteiger partial charge on any atom is -0.458 e. The zero-order valence-corrected chi connectivity index (χ0v) is 9.08. The first kappa shape index (κ1) is 11.7. The number of esters is 1. The first-order valence-electron chi connectivity index (χ1n) is 4.48. The maximum absolute atomic E-state index is 11.3. The van der Waals surface area contributed by atoms with Gasteiger partial charge in [-0.2, -0.15) is 0 Å². The molecule has 0 saturated carbocycles. The van der Waals surface area contributed by atoms with Crippen molar-refractivity contribution in [3.05, 3.63) is 34.9 Å². The monoisotopic (exact) mass is 226 g/mol. The van der Waals surface area contributed by atoms with E-state index in [1.54, 1.807) is 24.3 Å². The van der Waals surface area contributed by atoms with Gasteiger partial charge in [0.1, 0.15) is 6.61 Å². The topological polar surface area (TPSA) is 43.4 Å². The van der Waals surface area contributed by atoms with Crippen LogP contribution < -0.4 is 0 Å². The fraction of sp³-hybridized carbons (Fsp3) is 0.273. The van der Waals surface area contributed by atoms with E-state index in [9.17, 15) is 9.59 Å². The van der Waals surface area contributed by atoms with Crippen LogP contribution in [0.2, 0.25) is 5.02 Å². The normalized spacial score (nSPS) is 9.73. The average Bonchev–Trinajstić information content (AvgIpc) is 2.18. The van der Waals surface area contributed by atoms with Crippen LogP contribution in [-0.2, 0) is 20.7 Å². The highest BCUT2D eigenvalue weighted by molar-refractivity contribution is 6.31. The number of carbonyl (C=O) groups excluding carboxylic acids is 2. The molecule has 0 aliphatic carbocycles. The predicted molar refractivity (Wildman–Crippen MR) is 56.8 cm³/mol. The second-order valence-corrected chi connectivity index (χ2v) is 3.49. The third-order valence-corrected chi connectivity index (χ3v) is 2.15. The van der Waals surface area contributed by atoms with Crippen LogP contribution in [0, 0.1) is 0 Å². The summed E-state index contributed by atoms with van der Waals surface area (Å²) in [6.45, 7) is 1.07. The molecule has 0 fully saturated rings. The zero-order valence-electron chi connectivity index (χ0n) is 8.33. The van der Waals surface area contributed by atoms with Crippen molar-refractivity contribution in [1.29, 1.82) is 0 Å². The Kier molecular flexibility index (Phi) is 4.31. The smallest absolute Gasteiger partial charge is 0.303 e. The summed E-state index contributed by atoms with van der Waals surface area (Å²) >= 11 is 5.87. The number of hydrogen-bond acceptors (Lipinski definition) is 3. The van der Waals surface area contributed by atoms with E-state index in [0.717, 1.165) is 5.56 Å². The molecule has 1 rings (SSSR count). The largest absolute Gasteiger partial charge is 0.458 e. The second-order valence-electron chi connectivity index (χ2n) is 3.09. The molecule has 1 aromatic rings. The standard InChI is InChI=1S/C11H11ClO3/c1-8(13)15-7-10(14)6-9-4-2-3-5-11(9)12/h2-5H,6-7H2,1H3. The van der Waals surface area contributed by atoms with Crippen molar-refractivity contribution >= 4 is 23.4 Å². The molecule has 0 heterocycles. The number of halogens is 1. The highest BCUT2D eigenvalue weighted by Crippen LogP contribution is 2.15. The van der Waals surface area contributed by atoms with E-state index < -0.39 is 5.97 Å². The van der Waals surface area contributed by atoms with Crippen LogP contribution in [-0.4, -0.2) is 18.4 Å². The molecule has 15 heavy (non-hydrogen) atoms. The number of rotatable bonds is 4. The summed E-state index contributed by atoms with van der Waals surface area (Å²) in [5, 5.41) is 0.550. The van der Waals surface area contributed by atoms with Gasteiger partial charge in [0.25, 0.3) is 0 Å². The van der Waals surface area contributed by atoms with E-state index in [1.165, 1.54) is 6.92 Å². The van der Waals surface area contributed by atoms with Crippen molar-refractivity contribution in [2.45, 2.75) is 13.3 Å². The minimum absolute atomic E-state index is 0.168. The maximum atomic E-state index is 11.3. The average molecular weight is 227 g/mol. The van der Waals surface area contributed by atoms with Crippen LogP contribution in [0.15, 0.2) is 24.3 Å². The van der Waals surface area contributed by atoms with Gasteiger partial charge in [-0.1, -0.05) is 29.8 Å². The van der Waals surface area contributed by atoms with Crippen LogP contribution in [0.1, 0.15) is 12.5 Å². The van der Waals surface area contributed by atoms with Crippen molar-refractivity contribution in [2.75, 3.05) is 6.61 Å². The molecule has 0 radical (unpaired) electrons. The Balaban J connectivity index is 2.52. The molecule has 0 N–H and O–H groups in total. The Morgan fingerprint density at radius 2 is 2.00 bits per heavy atom. The third-order valence-electron chi connectivity index (χ3n) is 1.78. The lowest BCUT2D eigenvalue weighted by Crippen LogP contribution is -2.13. The Morgan fingerprint density at radius 3 is 2.60 bits per heavy atom. The summed E-state index contributed by atoms with van der Waals surface area (Å²) in [5.74, 6) is -0.624. The SMILES string of the molecule is CC(=O)OCC(=O)Cc1ccccc1Cl. The number of carbonyl (C=O) groups is 2. The van der Waals surface area contributed by atoms with Crippen LogP contribution in [0.5, 0.6) is 0 Å². The van der Waals surface area contributed by atoms with Gasteiger partial charge < -0.3 is 4.74 Å². The third kappa shape index (κ3) is 4.13. The highest BCUT2D eigenvalue weighted by Gasteiger charge is 2.07. The van der Waals surface area contributed by atoms with Crippen LogP contribution in [0.3, 0.4) is 0 Å². The maximum Gasteiger partial charge on any atom is 0.303 e. The molecule has 0 aromatic heterocycles. The Morgan fingerprint density at radius 1 is 1.33 bits per heavy atom. The molecule has 0 aliphatic rings. The van der Waals surface area contributed by atoms with Gasteiger partial charge in [-0.3, -0.25) is 9.59 Å². The number of hydrogen-bond donors (Lipinski definition) is 0. The summed E-state index contributed by atoms with van der Waals surface area (Å²) < 4.78 is 4.58. The predicted octanol–water partition coefficient (Wildman–Crippen LogP) is 2.01. The van der Waals surface area contributed by atoms with Gasteiger partial charge in [-0.25, -0.2) is 0 Å². The van der Waals surface area contributed by atoms with Crippen LogP contribution in [0.4, 0.5) is 0 Å². The lowest BCUT2D eigenvalue weighted by Gasteiger charge is -2.03. The van der Waals surface area contributed by atoms with Crippen molar-refractivity contribution in [1.82, 2.24) is 0 Å². The molecule has 0 unspecified atom stereocenters. The lowest BCUT2D eigenvalue weighted by molar-refractivity contribution is -0.145. The van der Waals surface area contributed by atoms with Crippen molar-refractivity contribution in [3.63, 3.8) is 0 Å². The first-order valence-corrected chi connectivity index (χ1v) is 4.86. The molecule has 80 valence electrons. The summed E-state index contributed by atoms with van der Waals surface area (Å²) in [7, 11) is 0. The fourth-order valence-corrected chi connectivity index (χ4v) is 1.29. The van der Waals surface area contributed by atoms with E-state index in [2.05, 4.69) is 4.74 Å². The van der Waals surface area contributed by atoms with Crippen molar-refractivity contribution in [2.24, 2.45) is 0 Å². The summed E-state index contributed by atoms with van der Waals surface area (Å²) in [4.78, 5) is 21.8. The van der Waals surface area contributed by atoms with Gasteiger partial charge >= 0.3 is 5.97 Å². The van der Waals surface area contributed by atoms with Crippen molar-refractivity contribution in [3.8, 4) is 0 Å². The molecule has 0 aliphatic heterocycles. The zero-order chi connectivity index (χ0) is 11.3. The molecular formula is C11H11ClO3. The molecule has 4 heteroatoms. The molecule has 1 aromatic carbocycles. The van der Waals surface area contributed by atoms with E-state index in [1.807, 2.05) is 0 Å². The van der Waals surface area contributed by atoms with Gasteiger partial charge in [-0.05, 0) is 11.6 Å². The first-order chi connectivity index (χ1) is 7.09. The summed E-state index contributed by atoms with van der Waals surface area (Å²) in [6, 6.07) is 7.09. The van der Waals surface area contributed by atoms with E-state index in [4.69, 9.17) is 11.6 Å². The van der Waals surface area contributed by atoms with E-state index in [0.29, 0.717) is 5.02 Å². The molecule has 0 saturated heterocycles. The molecule has 0 bridgehead atoms. The molecule has 0 spiro atoms. The van der Waals surface area contributed by atoms with Gasteiger partial charge in [-0.15, -0.1) is 0 Å².